The Balaban J connectivity index is 2.45. The predicted molar refractivity (Wildman–Crippen MR) is 25.5 cm³/mol. The molecule has 0 aliphatic carbocycles. The maximum Gasteiger partial charge on any atom is 0.327 e. The summed E-state index contributed by atoms with van der Waals surface area (Å²) in [5, 5.41) is 2.84. The van der Waals surface area contributed by atoms with Gasteiger partial charge in [0.25, 0.3) is 0 Å². The van der Waals surface area contributed by atoms with Crippen LogP contribution in [-0.2, 0) is 9.90 Å². The largest absolute Gasteiger partial charge is 0.327 e. The molecular weight excluding hydrogens is 97.8 g/mol. The van der Waals surface area contributed by atoms with Crippen LogP contribution < -0.4 is 0 Å². The molecule has 0 saturated heterocycles. The van der Waals surface area contributed by atoms with Crippen molar-refractivity contribution in [3.63, 3.8) is 0 Å². The SMILES string of the molecule is CCCBOOF. The lowest BCUT2D eigenvalue weighted by Gasteiger charge is -1.87. The molecule has 0 aromatic carbocycles. The summed E-state index contributed by atoms with van der Waals surface area (Å²) in [6.45, 7) is 1.99. The Hall–Kier alpha value is -0.0851. The van der Waals surface area contributed by atoms with E-state index < -0.39 is 0 Å². The average molecular weight is 106 g/mol. The van der Waals surface area contributed by atoms with Gasteiger partial charge in [-0.3, -0.25) is 4.81 Å². The van der Waals surface area contributed by atoms with Crippen LogP contribution in [0.2, 0.25) is 6.32 Å². The second kappa shape index (κ2) is 5.91. The quantitative estimate of drug-likeness (QED) is 0.230. The first-order valence-corrected chi connectivity index (χ1v) is 2.32. The second-order valence-corrected chi connectivity index (χ2v) is 1.24. The molecule has 0 spiro atoms. The molecule has 0 rings (SSSR count). The Morgan fingerprint density at radius 3 is 2.86 bits per heavy atom. The predicted octanol–water partition coefficient (Wildman–Crippen LogP) is 0.999. The zero-order chi connectivity index (χ0) is 5.54. The van der Waals surface area contributed by atoms with Crippen LogP contribution >= 0.6 is 0 Å². The van der Waals surface area contributed by atoms with E-state index in [0.717, 1.165) is 12.7 Å². The van der Waals surface area contributed by atoms with Crippen LogP contribution in [0.1, 0.15) is 13.3 Å². The van der Waals surface area contributed by atoms with Crippen LogP contribution in [0, 0.1) is 0 Å². The molecule has 0 heterocycles. The first-order chi connectivity index (χ1) is 3.41. The summed E-state index contributed by atoms with van der Waals surface area (Å²) in [7, 11) is 0.340. The molecule has 0 aromatic rings. The van der Waals surface area contributed by atoms with Gasteiger partial charge in [0.1, 0.15) is 0 Å². The zero-order valence-electron chi connectivity index (χ0n) is 4.32. The fourth-order valence-electron chi connectivity index (χ4n) is 0.235. The van der Waals surface area contributed by atoms with Crippen molar-refractivity contribution in [3.8, 4) is 0 Å². The highest BCUT2D eigenvalue weighted by molar-refractivity contribution is 6.26. The third-order valence-electron chi connectivity index (χ3n) is 0.626. The van der Waals surface area contributed by atoms with E-state index in [-0.39, 0.29) is 0 Å². The molecule has 0 aromatic heterocycles. The molecule has 0 fully saturated rings. The highest BCUT2D eigenvalue weighted by Gasteiger charge is 1.87. The van der Waals surface area contributed by atoms with Crippen LogP contribution in [0.3, 0.4) is 0 Å². The molecule has 0 amide bonds. The van der Waals surface area contributed by atoms with E-state index in [9.17, 15) is 4.53 Å². The molecule has 7 heavy (non-hydrogen) atoms. The fraction of sp³-hybridized carbons (Fsp3) is 1.00. The van der Waals surface area contributed by atoms with Gasteiger partial charge in [-0.15, -0.1) is 0 Å². The molecule has 42 valence electrons. The van der Waals surface area contributed by atoms with Crippen LogP contribution in [0.4, 0.5) is 4.53 Å². The van der Waals surface area contributed by atoms with Crippen molar-refractivity contribution in [2.24, 2.45) is 0 Å². The Morgan fingerprint density at radius 2 is 2.43 bits per heavy atom. The summed E-state index contributed by atoms with van der Waals surface area (Å²) in [5.74, 6) is 0. The van der Waals surface area contributed by atoms with Crippen LogP contribution in [0.5, 0.6) is 0 Å². The Kier molecular flexibility index (Phi) is 5.84. The monoisotopic (exact) mass is 106 g/mol. The number of rotatable bonds is 4. The third kappa shape index (κ3) is 5.91. The minimum atomic E-state index is 0.340. The van der Waals surface area contributed by atoms with Crippen molar-refractivity contribution in [3.05, 3.63) is 0 Å². The minimum absolute atomic E-state index is 0.340. The number of halogens is 1. The second-order valence-electron chi connectivity index (χ2n) is 1.24. The molecule has 0 N–H and O–H groups in total. The summed E-state index contributed by atoms with van der Waals surface area (Å²) in [5.41, 5.74) is 0. The molecule has 0 radical (unpaired) electrons. The maximum atomic E-state index is 10.6. The summed E-state index contributed by atoms with van der Waals surface area (Å²) >= 11 is 0. The molecule has 0 aliphatic heterocycles. The van der Waals surface area contributed by atoms with Gasteiger partial charge in [-0.05, 0) is 15.9 Å². The van der Waals surface area contributed by atoms with Crippen LogP contribution in [0.15, 0.2) is 0 Å². The van der Waals surface area contributed by atoms with Gasteiger partial charge in [0, 0.05) is 0 Å². The fourth-order valence-corrected chi connectivity index (χ4v) is 0.235. The summed E-state index contributed by atoms with van der Waals surface area (Å²) < 4.78 is 10.6. The topological polar surface area (TPSA) is 18.5 Å². The van der Waals surface area contributed by atoms with Gasteiger partial charge in [0.05, 0.1) is 0 Å². The summed E-state index contributed by atoms with van der Waals surface area (Å²) in [6, 6.07) is 0. The molecule has 0 aliphatic rings. The smallest absolute Gasteiger partial charge is 0.276 e. The minimum Gasteiger partial charge on any atom is -0.276 e. The molecule has 0 bridgehead atoms. The van der Waals surface area contributed by atoms with Crippen molar-refractivity contribution in [1.82, 2.24) is 0 Å². The lowest BCUT2D eigenvalue weighted by atomic mass is 9.95. The van der Waals surface area contributed by atoms with Gasteiger partial charge in [0.2, 0.25) is 0 Å². The molecular formula is C3H8BFO2. The average Bonchev–Trinajstić information content (AvgIpc) is 1.69. The Labute approximate surface area is 42.7 Å². The highest BCUT2D eigenvalue weighted by Crippen LogP contribution is 1.86. The van der Waals surface area contributed by atoms with Crippen molar-refractivity contribution < 1.29 is 14.4 Å². The normalized spacial score (nSPS) is 8.86. The Bertz CT molecular complexity index is 32.1. The van der Waals surface area contributed by atoms with E-state index in [4.69, 9.17) is 0 Å². The van der Waals surface area contributed by atoms with Gasteiger partial charge in [-0.1, -0.05) is 13.3 Å². The lowest BCUT2D eigenvalue weighted by molar-refractivity contribution is -0.370. The van der Waals surface area contributed by atoms with Crippen LogP contribution in [-0.4, -0.2) is 7.48 Å². The van der Waals surface area contributed by atoms with E-state index in [2.05, 4.69) is 9.90 Å². The molecule has 2 nitrogen and oxygen atoms in total. The van der Waals surface area contributed by atoms with Gasteiger partial charge in [-0.25, -0.2) is 0 Å². The van der Waals surface area contributed by atoms with E-state index in [1.54, 1.807) is 0 Å². The lowest BCUT2D eigenvalue weighted by Crippen LogP contribution is -1.92. The molecule has 0 saturated carbocycles. The summed E-state index contributed by atoms with van der Waals surface area (Å²) in [4.78, 5) is 3.91. The van der Waals surface area contributed by atoms with Gasteiger partial charge < -0.3 is 0 Å². The van der Waals surface area contributed by atoms with Crippen molar-refractivity contribution in [2.45, 2.75) is 19.7 Å². The zero-order valence-corrected chi connectivity index (χ0v) is 4.32. The van der Waals surface area contributed by atoms with E-state index in [0.29, 0.717) is 7.48 Å². The van der Waals surface area contributed by atoms with Crippen molar-refractivity contribution in [2.75, 3.05) is 0 Å². The van der Waals surface area contributed by atoms with Crippen LogP contribution in [0.25, 0.3) is 0 Å². The van der Waals surface area contributed by atoms with E-state index >= 15 is 0 Å². The van der Waals surface area contributed by atoms with E-state index in [1.165, 1.54) is 0 Å². The van der Waals surface area contributed by atoms with Crippen molar-refractivity contribution in [1.29, 1.82) is 0 Å². The number of hydrogen-bond donors (Lipinski definition) is 0. The van der Waals surface area contributed by atoms with Gasteiger partial charge >= 0.3 is 7.48 Å². The standard InChI is InChI=1S/C3H8BFO2/c1-2-3-4-6-7-5/h4H,2-3H2,1H3. The first-order valence-electron chi connectivity index (χ1n) is 2.32. The molecule has 0 atom stereocenters. The number of hydrogen-bond acceptors (Lipinski definition) is 2. The maximum absolute atomic E-state index is 10.6. The van der Waals surface area contributed by atoms with Crippen molar-refractivity contribution >= 4 is 7.48 Å². The third-order valence-corrected chi connectivity index (χ3v) is 0.626. The van der Waals surface area contributed by atoms with Gasteiger partial charge in [0.15, 0.2) is 0 Å². The summed E-state index contributed by atoms with van der Waals surface area (Å²) in [6.07, 6.45) is 1.83. The highest BCUT2D eigenvalue weighted by atomic mass is 19.3. The van der Waals surface area contributed by atoms with Gasteiger partial charge in [-0.2, -0.15) is 0 Å². The van der Waals surface area contributed by atoms with E-state index in [1.807, 2.05) is 6.92 Å². The molecule has 4 heteroatoms. The first kappa shape index (κ1) is 6.91. The molecule has 0 unspecified atom stereocenters. The Morgan fingerprint density at radius 1 is 1.71 bits per heavy atom.